The summed E-state index contributed by atoms with van der Waals surface area (Å²) in [5.41, 5.74) is 1.29. The highest BCUT2D eigenvalue weighted by Gasteiger charge is 2.19. The Labute approximate surface area is 158 Å². The number of anilines is 1. The first-order chi connectivity index (χ1) is 12.4. The number of nitrogens with one attached hydrogen (secondary N) is 1. The van der Waals surface area contributed by atoms with E-state index in [0.717, 1.165) is 23.1 Å². The Hall–Kier alpha value is -2.63. The Morgan fingerprint density at radius 2 is 1.92 bits per heavy atom. The molecule has 1 amide bonds. The molecule has 0 radical (unpaired) electrons. The quantitative estimate of drug-likeness (QED) is 0.673. The van der Waals surface area contributed by atoms with Gasteiger partial charge in [-0.05, 0) is 36.8 Å². The molecule has 0 bridgehead atoms. The minimum atomic E-state index is -0.983. The van der Waals surface area contributed by atoms with Crippen LogP contribution in [-0.2, 0) is 16.0 Å². The van der Waals surface area contributed by atoms with Crippen molar-refractivity contribution in [2.24, 2.45) is 0 Å². The lowest BCUT2D eigenvalue weighted by atomic mass is 10.0. The summed E-state index contributed by atoms with van der Waals surface area (Å²) in [6.07, 6.45) is 0.724. The molecular weight excluding hydrogens is 372 g/mol. The van der Waals surface area contributed by atoms with Gasteiger partial charge in [-0.3, -0.25) is 14.4 Å². The van der Waals surface area contributed by atoms with Crippen molar-refractivity contribution in [3.63, 3.8) is 0 Å². The van der Waals surface area contributed by atoms with Gasteiger partial charge in [-0.25, -0.2) is 0 Å². The van der Waals surface area contributed by atoms with Crippen molar-refractivity contribution in [3.05, 3.63) is 51.9 Å². The predicted molar refractivity (Wildman–Crippen MR) is 102 cm³/mol. The van der Waals surface area contributed by atoms with E-state index < -0.39 is 5.97 Å². The van der Waals surface area contributed by atoms with Gasteiger partial charge in [0, 0.05) is 10.4 Å². The lowest BCUT2D eigenvalue weighted by molar-refractivity contribution is -0.133. The van der Waals surface area contributed by atoms with Crippen LogP contribution in [0.2, 0.25) is 0 Å². The first-order valence-corrected chi connectivity index (χ1v) is 9.68. The molecule has 134 valence electrons. The zero-order valence-electron chi connectivity index (χ0n) is 13.9. The standard InChI is InChI=1S/C18H16N2O4S2/c1-2-13-7-14(17(24)12-5-3-11(8-19)4-6-12)18(26-13)20-15(21)9-25-10-16(22)23/h3-7H,2,9-10H2,1H3,(H,20,21)(H,22,23). The van der Waals surface area contributed by atoms with Crippen molar-refractivity contribution in [2.75, 3.05) is 16.8 Å². The average molecular weight is 388 g/mol. The summed E-state index contributed by atoms with van der Waals surface area (Å²) in [6.45, 7) is 1.95. The number of thioether (sulfide) groups is 1. The van der Waals surface area contributed by atoms with E-state index in [2.05, 4.69) is 5.32 Å². The monoisotopic (exact) mass is 388 g/mol. The topological polar surface area (TPSA) is 107 Å². The van der Waals surface area contributed by atoms with Gasteiger partial charge in [-0.1, -0.05) is 6.92 Å². The Morgan fingerprint density at radius 1 is 1.23 bits per heavy atom. The molecule has 2 rings (SSSR count). The van der Waals surface area contributed by atoms with Crippen molar-refractivity contribution in [1.29, 1.82) is 5.26 Å². The van der Waals surface area contributed by atoms with Crippen LogP contribution in [0, 0.1) is 11.3 Å². The molecule has 0 unspecified atom stereocenters. The number of carbonyl (C=O) groups is 3. The van der Waals surface area contributed by atoms with Crippen LogP contribution in [0.5, 0.6) is 0 Å². The normalized spacial score (nSPS) is 10.2. The molecule has 0 spiro atoms. The Morgan fingerprint density at radius 3 is 2.50 bits per heavy atom. The van der Waals surface area contributed by atoms with Crippen molar-refractivity contribution in [3.8, 4) is 6.07 Å². The van der Waals surface area contributed by atoms with Gasteiger partial charge in [-0.2, -0.15) is 5.26 Å². The van der Waals surface area contributed by atoms with E-state index in [4.69, 9.17) is 10.4 Å². The molecule has 1 heterocycles. The SMILES string of the molecule is CCc1cc(C(=O)c2ccc(C#N)cc2)c(NC(=O)CSCC(=O)O)s1. The zero-order valence-corrected chi connectivity index (χ0v) is 15.6. The highest BCUT2D eigenvalue weighted by Crippen LogP contribution is 2.30. The number of carboxylic acid groups (broad SMARTS) is 1. The second kappa shape index (κ2) is 9.17. The first kappa shape index (κ1) is 19.7. The molecule has 2 N–H and O–H groups in total. The summed E-state index contributed by atoms with van der Waals surface area (Å²) < 4.78 is 0. The number of carbonyl (C=O) groups excluding carboxylic acids is 2. The molecule has 6 nitrogen and oxygen atoms in total. The number of nitriles is 1. The molecule has 1 aromatic heterocycles. The number of aryl methyl sites for hydroxylation is 1. The predicted octanol–water partition coefficient (Wildman–Crippen LogP) is 3.17. The van der Waals surface area contributed by atoms with Gasteiger partial charge in [-0.15, -0.1) is 23.1 Å². The Bertz CT molecular complexity index is 866. The molecule has 2 aromatic rings. The maximum absolute atomic E-state index is 12.8. The molecule has 0 saturated carbocycles. The smallest absolute Gasteiger partial charge is 0.313 e. The molecule has 1 aromatic carbocycles. The van der Waals surface area contributed by atoms with E-state index in [-0.39, 0.29) is 23.2 Å². The number of hydrogen-bond acceptors (Lipinski definition) is 6. The summed E-state index contributed by atoms with van der Waals surface area (Å²) in [7, 11) is 0. The van der Waals surface area contributed by atoms with Crippen LogP contribution in [0.4, 0.5) is 5.00 Å². The van der Waals surface area contributed by atoms with Gasteiger partial charge >= 0.3 is 5.97 Å². The number of benzene rings is 1. The zero-order chi connectivity index (χ0) is 19.1. The summed E-state index contributed by atoms with van der Waals surface area (Å²) in [6, 6.07) is 10.1. The van der Waals surface area contributed by atoms with Crippen LogP contribution >= 0.6 is 23.1 Å². The summed E-state index contributed by atoms with van der Waals surface area (Å²) in [5, 5.41) is 20.6. The van der Waals surface area contributed by atoms with E-state index in [1.165, 1.54) is 11.3 Å². The maximum Gasteiger partial charge on any atom is 0.313 e. The molecule has 0 fully saturated rings. The van der Waals surface area contributed by atoms with Gasteiger partial charge in [0.25, 0.3) is 0 Å². The van der Waals surface area contributed by atoms with Crippen LogP contribution in [0.1, 0.15) is 33.3 Å². The average Bonchev–Trinajstić information content (AvgIpc) is 3.03. The highest BCUT2D eigenvalue weighted by atomic mass is 32.2. The van der Waals surface area contributed by atoms with Crippen molar-refractivity contribution < 1.29 is 19.5 Å². The van der Waals surface area contributed by atoms with Gasteiger partial charge in [0.15, 0.2) is 5.78 Å². The van der Waals surface area contributed by atoms with Gasteiger partial charge in [0.2, 0.25) is 5.91 Å². The van der Waals surface area contributed by atoms with Crippen LogP contribution in [0.3, 0.4) is 0 Å². The third-order valence-electron chi connectivity index (χ3n) is 3.36. The maximum atomic E-state index is 12.8. The van der Waals surface area contributed by atoms with Crippen LogP contribution in [-0.4, -0.2) is 34.3 Å². The number of rotatable bonds is 8. The first-order valence-electron chi connectivity index (χ1n) is 7.71. The minimum Gasteiger partial charge on any atom is -0.481 e. The van der Waals surface area contributed by atoms with Crippen LogP contribution in [0.25, 0.3) is 0 Å². The highest BCUT2D eigenvalue weighted by molar-refractivity contribution is 8.00. The number of amides is 1. The molecule has 0 aliphatic rings. The number of ketones is 1. The second-order valence-corrected chi connectivity index (χ2v) is 7.38. The van der Waals surface area contributed by atoms with Gasteiger partial charge in [0.1, 0.15) is 5.00 Å². The molecule has 26 heavy (non-hydrogen) atoms. The fraction of sp³-hybridized carbons (Fsp3) is 0.222. The summed E-state index contributed by atoms with van der Waals surface area (Å²) >= 11 is 2.32. The van der Waals surface area contributed by atoms with Crippen LogP contribution in [0.15, 0.2) is 30.3 Å². The lowest BCUT2D eigenvalue weighted by Gasteiger charge is -2.06. The molecule has 0 atom stereocenters. The Kier molecular flexibility index (Phi) is 6.95. The van der Waals surface area contributed by atoms with Gasteiger partial charge < -0.3 is 10.4 Å². The van der Waals surface area contributed by atoms with Crippen LogP contribution < -0.4 is 5.32 Å². The van der Waals surface area contributed by atoms with Crippen molar-refractivity contribution in [1.82, 2.24) is 0 Å². The van der Waals surface area contributed by atoms with E-state index in [1.807, 2.05) is 13.0 Å². The number of thiophene rings is 1. The van der Waals surface area contributed by atoms with E-state index >= 15 is 0 Å². The molecule has 0 aliphatic carbocycles. The second-order valence-electron chi connectivity index (χ2n) is 5.26. The number of aliphatic carboxylic acids is 1. The number of nitrogens with zero attached hydrogens (tertiary/aromatic N) is 1. The van der Waals surface area contributed by atoms with E-state index in [1.54, 1.807) is 30.3 Å². The summed E-state index contributed by atoms with van der Waals surface area (Å²) in [5.74, 6) is -1.73. The largest absolute Gasteiger partial charge is 0.481 e. The molecular formula is C18H16N2O4S2. The Balaban J connectivity index is 2.18. The minimum absolute atomic E-state index is 0.00381. The number of carboxylic acids is 1. The molecule has 8 heteroatoms. The lowest BCUT2D eigenvalue weighted by Crippen LogP contribution is -2.16. The van der Waals surface area contributed by atoms with Crippen molar-refractivity contribution >= 4 is 45.8 Å². The fourth-order valence-corrected chi connectivity index (χ4v) is 3.67. The third kappa shape index (κ3) is 5.18. The third-order valence-corrected chi connectivity index (χ3v) is 5.48. The number of hydrogen-bond donors (Lipinski definition) is 2. The van der Waals surface area contributed by atoms with E-state index in [0.29, 0.717) is 21.7 Å². The van der Waals surface area contributed by atoms with Crippen molar-refractivity contribution in [2.45, 2.75) is 13.3 Å². The fourth-order valence-electron chi connectivity index (χ4n) is 2.12. The van der Waals surface area contributed by atoms with E-state index in [9.17, 15) is 14.4 Å². The molecule has 0 saturated heterocycles. The molecule has 0 aliphatic heterocycles. The summed E-state index contributed by atoms with van der Waals surface area (Å²) in [4.78, 5) is 36.3. The van der Waals surface area contributed by atoms with Gasteiger partial charge in [0.05, 0.1) is 28.7 Å².